The summed E-state index contributed by atoms with van der Waals surface area (Å²) in [5.41, 5.74) is 2.68. The van der Waals surface area contributed by atoms with E-state index in [1.165, 1.54) is 23.4 Å². The van der Waals surface area contributed by atoms with Gasteiger partial charge in [-0.1, -0.05) is 20.8 Å². The summed E-state index contributed by atoms with van der Waals surface area (Å²) in [6.07, 6.45) is 5.18. The van der Waals surface area contributed by atoms with E-state index in [4.69, 9.17) is 0 Å². The van der Waals surface area contributed by atoms with Crippen molar-refractivity contribution in [3.63, 3.8) is 0 Å². The second-order valence-electron chi connectivity index (χ2n) is 5.39. The van der Waals surface area contributed by atoms with Crippen molar-refractivity contribution in [3.05, 3.63) is 24.0 Å². The minimum atomic E-state index is 0.515. The van der Waals surface area contributed by atoms with Crippen LogP contribution in [0.15, 0.2) is 18.5 Å². The molecule has 1 N–H and O–H groups in total. The van der Waals surface area contributed by atoms with Crippen molar-refractivity contribution >= 4 is 17.4 Å². The van der Waals surface area contributed by atoms with E-state index in [0.717, 1.165) is 24.9 Å². The molecule has 1 fully saturated rings. The zero-order valence-electron chi connectivity index (χ0n) is 12.2. The zero-order chi connectivity index (χ0) is 13.7. The molecule has 2 rings (SSSR count). The Bertz CT molecular complexity index is 395. The first-order chi connectivity index (χ1) is 9.20. The van der Waals surface area contributed by atoms with E-state index < -0.39 is 0 Å². The molecule has 0 bridgehead atoms. The van der Waals surface area contributed by atoms with Crippen molar-refractivity contribution < 1.29 is 0 Å². The van der Waals surface area contributed by atoms with Gasteiger partial charge in [-0.3, -0.25) is 4.98 Å². The number of thioether (sulfide) groups is 1. The number of hydrogen-bond acceptors (Lipinski definition) is 4. The van der Waals surface area contributed by atoms with Gasteiger partial charge in [0.1, 0.15) is 0 Å². The Kier molecular flexibility index (Phi) is 5.52. The third-order valence-corrected chi connectivity index (χ3v) is 4.90. The van der Waals surface area contributed by atoms with E-state index in [2.05, 4.69) is 53.8 Å². The molecule has 0 aromatic carbocycles. The summed E-state index contributed by atoms with van der Waals surface area (Å²) in [4.78, 5) is 6.83. The number of pyridine rings is 1. The Morgan fingerprint density at radius 2 is 2.37 bits per heavy atom. The highest BCUT2D eigenvalue weighted by Gasteiger charge is 2.21. The van der Waals surface area contributed by atoms with Crippen LogP contribution in [0.25, 0.3) is 0 Å². The standard InChI is InChI=1S/C15H25N3S/c1-4-14-11-18(7-8-19-14)15-10-16-6-5-13(15)9-17-12(2)3/h5-6,10,12,14,17H,4,7-9,11H2,1-3H3. The number of anilines is 1. The van der Waals surface area contributed by atoms with Crippen LogP contribution in [0.1, 0.15) is 32.8 Å². The molecule has 0 radical (unpaired) electrons. The second kappa shape index (κ2) is 7.15. The number of aromatic nitrogens is 1. The van der Waals surface area contributed by atoms with Gasteiger partial charge < -0.3 is 10.2 Å². The Hall–Kier alpha value is -0.740. The largest absolute Gasteiger partial charge is 0.368 e. The highest BCUT2D eigenvalue weighted by Crippen LogP contribution is 2.27. The maximum absolute atomic E-state index is 4.32. The van der Waals surface area contributed by atoms with Crippen molar-refractivity contribution in [2.24, 2.45) is 0 Å². The van der Waals surface area contributed by atoms with E-state index in [1.54, 1.807) is 0 Å². The van der Waals surface area contributed by atoms with Crippen LogP contribution in [0.3, 0.4) is 0 Å². The summed E-state index contributed by atoms with van der Waals surface area (Å²) in [5.74, 6) is 1.23. The normalized spacial score (nSPS) is 20.0. The Morgan fingerprint density at radius 1 is 1.53 bits per heavy atom. The van der Waals surface area contributed by atoms with Gasteiger partial charge in [0.25, 0.3) is 0 Å². The van der Waals surface area contributed by atoms with Crippen LogP contribution in [0.4, 0.5) is 5.69 Å². The topological polar surface area (TPSA) is 28.2 Å². The van der Waals surface area contributed by atoms with Gasteiger partial charge in [-0.15, -0.1) is 0 Å². The average Bonchev–Trinajstić information content (AvgIpc) is 2.45. The van der Waals surface area contributed by atoms with Crippen LogP contribution in [-0.4, -0.2) is 35.1 Å². The van der Waals surface area contributed by atoms with Crippen LogP contribution >= 0.6 is 11.8 Å². The van der Waals surface area contributed by atoms with Gasteiger partial charge in [0.15, 0.2) is 0 Å². The predicted octanol–water partition coefficient (Wildman–Crippen LogP) is 2.91. The summed E-state index contributed by atoms with van der Waals surface area (Å²) in [7, 11) is 0. The molecule has 0 saturated carbocycles. The van der Waals surface area contributed by atoms with E-state index in [0.29, 0.717) is 6.04 Å². The quantitative estimate of drug-likeness (QED) is 0.897. The molecule has 1 unspecified atom stereocenters. The summed E-state index contributed by atoms with van der Waals surface area (Å²) in [6.45, 7) is 9.88. The lowest BCUT2D eigenvalue weighted by molar-refractivity contribution is 0.587. The lowest BCUT2D eigenvalue weighted by atomic mass is 10.1. The summed E-state index contributed by atoms with van der Waals surface area (Å²) in [6, 6.07) is 2.66. The average molecular weight is 279 g/mol. The van der Waals surface area contributed by atoms with Gasteiger partial charge in [0.2, 0.25) is 0 Å². The Morgan fingerprint density at radius 3 is 3.11 bits per heavy atom. The SMILES string of the molecule is CCC1CN(c2cnccc2CNC(C)C)CCS1. The molecule has 0 spiro atoms. The summed E-state index contributed by atoms with van der Waals surface area (Å²) in [5, 5.41) is 4.27. The predicted molar refractivity (Wildman–Crippen MR) is 85.0 cm³/mol. The molecule has 106 valence electrons. The minimum Gasteiger partial charge on any atom is -0.368 e. The molecule has 1 aliphatic rings. The third-order valence-electron chi connectivity index (χ3n) is 3.52. The number of hydrogen-bond donors (Lipinski definition) is 1. The minimum absolute atomic E-state index is 0.515. The van der Waals surface area contributed by atoms with E-state index >= 15 is 0 Å². The number of nitrogens with one attached hydrogen (secondary N) is 1. The van der Waals surface area contributed by atoms with E-state index in [-0.39, 0.29) is 0 Å². The van der Waals surface area contributed by atoms with Crippen molar-refractivity contribution in [1.29, 1.82) is 0 Å². The first-order valence-electron chi connectivity index (χ1n) is 7.23. The van der Waals surface area contributed by atoms with Crippen LogP contribution < -0.4 is 10.2 Å². The van der Waals surface area contributed by atoms with Crippen LogP contribution in [0.5, 0.6) is 0 Å². The van der Waals surface area contributed by atoms with Crippen molar-refractivity contribution in [1.82, 2.24) is 10.3 Å². The highest BCUT2D eigenvalue weighted by atomic mass is 32.2. The van der Waals surface area contributed by atoms with Crippen molar-refractivity contribution in [3.8, 4) is 0 Å². The van der Waals surface area contributed by atoms with Crippen molar-refractivity contribution in [2.45, 2.75) is 45.0 Å². The van der Waals surface area contributed by atoms with Gasteiger partial charge in [-0.05, 0) is 18.1 Å². The molecule has 2 heterocycles. The van der Waals surface area contributed by atoms with Gasteiger partial charge in [-0.25, -0.2) is 0 Å². The fraction of sp³-hybridized carbons (Fsp3) is 0.667. The highest BCUT2D eigenvalue weighted by molar-refractivity contribution is 8.00. The van der Waals surface area contributed by atoms with Gasteiger partial charge in [-0.2, -0.15) is 11.8 Å². The molecule has 0 aliphatic carbocycles. The van der Waals surface area contributed by atoms with Gasteiger partial charge in [0.05, 0.1) is 11.9 Å². The van der Waals surface area contributed by atoms with Crippen molar-refractivity contribution in [2.75, 3.05) is 23.7 Å². The van der Waals surface area contributed by atoms with Crippen LogP contribution in [0, 0.1) is 0 Å². The monoisotopic (exact) mass is 279 g/mol. The second-order valence-corrected chi connectivity index (χ2v) is 6.80. The zero-order valence-corrected chi connectivity index (χ0v) is 13.0. The Balaban J connectivity index is 2.09. The molecule has 0 amide bonds. The third kappa shape index (κ3) is 4.11. The molecule has 3 nitrogen and oxygen atoms in total. The first-order valence-corrected chi connectivity index (χ1v) is 8.28. The van der Waals surface area contributed by atoms with Gasteiger partial charge in [0, 0.05) is 42.9 Å². The lowest BCUT2D eigenvalue weighted by Gasteiger charge is -2.34. The number of rotatable bonds is 5. The molecular formula is C15H25N3S. The van der Waals surface area contributed by atoms with E-state index in [9.17, 15) is 0 Å². The first kappa shape index (κ1) is 14.7. The van der Waals surface area contributed by atoms with E-state index in [1.807, 2.05) is 12.4 Å². The lowest BCUT2D eigenvalue weighted by Crippen LogP contribution is -2.38. The summed E-state index contributed by atoms with van der Waals surface area (Å²) < 4.78 is 0. The molecular weight excluding hydrogens is 254 g/mol. The fourth-order valence-corrected chi connectivity index (χ4v) is 3.53. The molecule has 19 heavy (non-hydrogen) atoms. The fourth-order valence-electron chi connectivity index (χ4n) is 2.35. The molecule has 1 saturated heterocycles. The molecule has 1 aromatic rings. The molecule has 1 aliphatic heterocycles. The smallest absolute Gasteiger partial charge is 0.0599 e. The Labute approximate surface area is 121 Å². The van der Waals surface area contributed by atoms with Crippen LogP contribution in [-0.2, 0) is 6.54 Å². The summed E-state index contributed by atoms with van der Waals surface area (Å²) >= 11 is 2.11. The maximum Gasteiger partial charge on any atom is 0.0599 e. The number of nitrogens with zero attached hydrogens (tertiary/aromatic N) is 2. The molecule has 1 atom stereocenters. The van der Waals surface area contributed by atoms with Crippen LogP contribution in [0.2, 0.25) is 0 Å². The molecule has 1 aromatic heterocycles. The van der Waals surface area contributed by atoms with Gasteiger partial charge >= 0.3 is 0 Å². The molecule has 4 heteroatoms. The maximum atomic E-state index is 4.32.